The van der Waals surface area contributed by atoms with Gasteiger partial charge in [0.15, 0.2) is 0 Å². The van der Waals surface area contributed by atoms with Crippen molar-refractivity contribution in [3.8, 4) is 17.2 Å². The van der Waals surface area contributed by atoms with E-state index in [9.17, 15) is 9.90 Å². The molecule has 0 heterocycles. The van der Waals surface area contributed by atoms with Crippen LogP contribution in [0.5, 0.6) is 17.2 Å². The highest BCUT2D eigenvalue weighted by molar-refractivity contribution is 5.66. The van der Waals surface area contributed by atoms with Crippen molar-refractivity contribution >= 4 is 5.97 Å². The van der Waals surface area contributed by atoms with E-state index in [0.29, 0.717) is 36.5 Å². The smallest absolute Gasteiger partial charge is 0.303 e. The van der Waals surface area contributed by atoms with E-state index in [0.717, 1.165) is 41.9 Å². The molecular formula is C30H36O6. The van der Waals surface area contributed by atoms with Gasteiger partial charge in [0, 0.05) is 6.42 Å². The van der Waals surface area contributed by atoms with Gasteiger partial charge in [0.1, 0.15) is 22.8 Å². The molecule has 2 N–H and O–H groups in total. The van der Waals surface area contributed by atoms with Gasteiger partial charge in [0.25, 0.3) is 0 Å². The number of benzene rings is 3. The van der Waals surface area contributed by atoms with E-state index >= 15 is 0 Å². The molecule has 0 amide bonds. The number of unbranched alkanes of at least 4 members (excludes halogenated alkanes) is 2. The maximum atomic E-state index is 12.3. The van der Waals surface area contributed by atoms with Crippen LogP contribution in [-0.4, -0.2) is 36.5 Å². The van der Waals surface area contributed by atoms with Crippen molar-refractivity contribution < 1.29 is 29.2 Å². The van der Waals surface area contributed by atoms with Gasteiger partial charge < -0.3 is 24.4 Å². The van der Waals surface area contributed by atoms with Crippen LogP contribution in [0.15, 0.2) is 66.7 Å². The van der Waals surface area contributed by atoms with Gasteiger partial charge >= 0.3 is 5.97 Å². The lowest BCUT2D eigenvalue weighted by Crippen LogP contribution is -2.29. The van der Waals surface area contributed by atoms with Crippen LogP contribution in [0.25, 0.3) is 0 Å². The Hall–Kier alpha value is -3.51. The van der Waals surface area contributed by atoms with Crippen molar-refractivity contribution in [2.45, 2.75) is 51.6 Å². The number of rotatable bonds is 14. The van der Waals surface area contributed by atoms with E-state index in [-0.39, 0.29) is 6.42 Å². The first-order chi connectivity index (χ1) is 17.4. The molecule has 0 aliphatic carbocycles. The summed E-state index contributed by atoms with van der Waals surface area (Å²) < 4.78 is 16.8. The molecule has 0 aliphatic heterocycles. The van der Waals surface area contributed by atoms with Crippen LogP contribution in [0.4, 0.5) is 0 Å². The average molecular weight is 497 g/mol. The number of ether oxygens (including phenoxy) is 3. The summed E-state index contributed by atoms with van der Waals surface area (Å²) in [4.78, 5) is 10.8. The van der Waals surface area contributed by atoms with E-state index in [4.69, 9.17) is 19.3 Å². The number of hydrogen-bond donors (Lipinski definition) is 2. The minimum atomic E-state index is -1.42. The highest BCUT2D eigenvalue weighted by atomic mass is 16.5. The second-order valence-corrected chi connectivity index (χ2v) is 8.61. The molecule has 0 saturated heterocycles. The first-order valence-corrected chi connectivity index (χ1v) is 12.5. The van der Waals surface area contributed by atoms with Crippen molar-refractivity contribution in [3.05, 3.63) is 89.0 Å². The van der Waals surface area contributed by atoms with Crippen molar-refractivity contribution in [1.29, 1.82) is 0 Å². The molecule has 3 aromatic carbocycles. The zero-order valence-corrected chi connectivity index (χ0v) is 21.3. The van der Waals surface area contributed by atoms with E-state index in [1.807, 2.05) is 80.6 Å². The normalized spacial score (nSPS) is 12.6. The summed E-state index contributed by atoms with van der Waals surface area (Å²) in [6.45, 7) is 4.98. The second kappa shape index (κ2) is 13.0. The van der Waals surface area contributed by atoms with Crippen LogP contribution >= 0.6 is 0 Å². The number of aliphatic carboxylic acids is 1. The predicted octanol–water partition coefficient (Wildman–Crippen LogP) is 5.96. The van der Waals surface area contributed by atoms with E-state index in [2.05, 4.69) is 0 Å². The fraction of sp³-hybridized carbons (Fsp3) is 0.367. The molecule has 192 valence electrons. The molecule has 0 spiro atoms. The molecule has 0 radical (unpaired) electrons. The number of aliphatic hydroxyl groups is 1. The summed E-state index contributed by atoms with van der Waals surface area (Å²) in [5.41, 5.74) is 1.72. The molecule has 3 aromatic rings. The van der Waals surface area contributed by atoms with Gasteiger partial charge in [-0.15, -0.1) is 0 Å². The molecule has 0 aromatic heterocycles. The molecule has 0 bridgehead atoms. The lowest BCUT2D eigenvalue weighted by Gasteiger charge is -2.31. The Labute approximate surface area is 213 Å². The summed E-state index contributed by atoms with van der Waals surface area (Å²) in [6.07, 6.45) is 3.18. The molecule has 1 unspecified atom stereocenters. The van der Waals surface area contributed by atoms with Crippen LogP contribution in [0.2, 0.25) is 0 Å². The molecule has 3 rings (SSSR count). The standard InChI is InChI=1S/C30H36O6/c1-4-35-27-18-13-24(14-19-27)30(33,23-11-16-26(34-3)17-12-23)25-15-20-28(36-5-2)22(21-25)9-7-6-8-10-29(31)32/h11-21,33H,4-10H2,1-3H3,(H,31,32)/i1+1,2+1,4+1,5+1. The Kier molecular flexibility index (Phi) is 9.77. The minimum absolute atomic E-state index is 0.174. The predicted molar refractivity (Wildman–Crippen MR) is 140 cm³/mol. The van der Waals surface area contributed by atoms with Crippen LogP contribution in [0, 0.1) is 0 Å². The third-order valence-corrected chi connectivity index (χ3v) is 6.21. The van der Waals surface area contributed by atoms with E-state index in [1.165, 1.54) is 0 Å². The van der Waals surface area contributed by atoms with Crippen LogP contribution < -0.4 is 14.2 Å². The highest BCUT2D eigenvalue weighted by Gasteiger charge is 2.34. The zero-order chi connectivity index (χ0) is 26.0. The quantitative estimate of drug-likeness (QED) is 0.163. The number of hydrogen-bond acceptors (Lipinski definition) is 5. The van der Waals surface area contributed by atoms with Gasteiger partial charge in [-0.3, -0.25) is 4.79 Å². The fourth-order valence-electron chi connectivity index (χ4n) is 4.36. The molecule has 0 saturated carbocycles. The topological polar surface area (TPSA) is 85.2 Å². The first-order valence-electron chi connectivity index (χ1n) is 12.5. The molecular weight excluding hydrogens is 460 g/mol. The number of carbonyl (C=O) groups is 1. The maximum Gasteiger partial charge on any atom is 0.303 e. The van der Waals surface area contributed by atoms with Gasteiger partial charge in [0.05, 0.1) is 20.3 Å². The van der Waals surface area contributed by atoms with Crippen LogP contribution in [0.1, 0.15) is 61.8 Å². The summed E-state index contributed by atoms with van der Waals surface area (Å²) >= 11 is 0. The SMILES string of the molecule is COc1ccc(C(O)(c2ccc(O[13CH2][13CH3])cc2)c2ccc(O[13CH2][13CH3])c(CCCCCC(=O)O)c2)cc1. The Morgan fingerprint density at radius 3 is 1.92 bits per heavy atom. The van der Waals surface area contributed by atoms with Gasteiger partial charge in [-0.2, -0.15) is 0 Å². The highest BCUT2D eigenvalue weighted by Crippen LogP contribution is 2.40. The molecule has 0 fully saturated rings. The Morgan fingerprint density at radius 2 is 1.36 bits per heavy atom. The van der Waals surface area contributed by atoms with Crippen LogP contribution in [0.3, 0.4) is 0 Å². The zero-order valence-electron chi connectivity index (χ0n) is 21.3. The molecule has 6 nitrogen and oxygen atoms in total. The van der Waals surface area contributed by atoms with E-state index < -0.39 is 11.6 Å². The monoisotopic (exact) mass is 496 g/mol. The second-order valence-electron chi connectivity index (χ2n) is 8.61. The number of methoxy groups -OCH3 is 1. The van der Waals surface area contributed by atoms with Crippen molar-refractivity contribution in [3.63, 3.8) is 0 Å². The molecule has 0 aliphatic rings. The molecule has 6 heteroatoms. The van der Waals surface area contributed by atoms with Gasteiger partial charge in [-0.1, -0.05) is 36.8 Å². The van der Waals surface area contributed by atoms with E-state index in [1.54, 1.807) is 7.11 Å². The number of carboxylic acid groups (broad SMARTS) is 1. The third-order valence-electron chi connectivity index (χ3n) is 6.21. The summed E-state index contributed by atoms with van der Waals surface area (Å²) in [6, 6.07) is 20.7. The first kappa shape index (κ1) is 27.1. The van der Waals surface area contributed by atoms with Gasteiger partial charge in [-0.25, -0.2) is 0 Å². The largest absolute Gasteiger partial charge is 0.497 e. The Balaban J connectivity index is 2.02. The Bertz CT molecular complexity index is 1110. The third kappa shape index (κ3) is 6.58. The lowest BCUT2D eigenvalue weighted by molar-refractivity contribution is -0.137. The lowest BCUT2D eigenvalue weighted by atomic mass is 9.79. The number of aryl methyl sites for hydroxylation is 1. The van der Waals surface area contributed by atoms with Crippen molar-refractivity contribution in [2.24, 2.45) is 0 Å². The van der Waals surface area contributed by atoms with Crippen molar-refractivity contribution in [2.75, 3.05) is 20.3 Å². The Morgan fingerprint density at radius 1 is 0.778 bits per heavy atom. The fourth-order valence-corrected chi connectivity index (χ4v) is 4.36. The average Bonchev–Trinajstić information content (AvgIpc) is 2.89. The number of carboxylic acids is 1. The molecule has 36 heavy (non-hydrogen) atoms. The van der Waals surface area contributed by atoms with Gasteiger partial charge in [-0.05, 0) is 91.8 Å². The van der Waals surface area contributed by atoms with Crippen molar-refractivity contribution in [1.82, 2.24) is 0 Å². The summed E-state index contributed by atoms with van der Waals surface area (Å²) in [7, 11) is 1.61. The minimum Gasteiger partial charge on any atom is -0.497 e. The maximum absolute atomic E-state index is 12.3. The van der Waals surface area contributed by atoms with Gasteiger partial charge in [0.2, 0.25) is 0 Å². The molecule has 1 atom stereocenters. The van der Waals surface area contributed by atoms with Crippen LogP contribution in [-0.2, 0) is 16.8 Å². The summed E-state index contributed by atoms with van der Waals surface area (Å²) in [5.74, 6) is 1.46. The summed E-state index contributed by atoms with van der Waals surface area (Å²) in [5, 5.41) is 21.2.